The normalized spacial score (nSPS) is 30.1. The van der Waals surface area contributed by atoms with Crippen molar-refractivity contribution < 1.29 is 9.53 Å². The van der Waals surface area contributed by atoms with Crippen molar-refractivity contribution >= 4 is 5.91 Å². The zero-order chi connectivity index (χ0) is 10.2. The molecule has 0 radical (unpaired) electrons. The molecule has 14 heavy (non-hydrogen) atoms. The van der Waals surface area contributed by atoms with Gasteiger partial charge in [-0.15, -0.1) is 0 Å². The van der Waals surface area contributed by atoms with Crippen molar-refractivity contribution in [2.75, 3.05) is 26.3 Å². The topological polar surface area (TPSA) is 55.6 Å². The molecule has 1 aliphatic carbocycles. The third kappa shape index (κ3) is 1.53. The third-order valence-electron chi connectivity index (χ3n) is 3.33. The molecule has 0 aromatic heterocycles. The molecule has 1 saturated heterocycles. The molecule has 1 saturated carbocycles. The Hall–Kier alpha value is -0.610. The van der Waals surface area contributed by atoms with Gasteiger partial charge < -0.3 is 15.4 Å². The number of nitrogens with zero attached hydrogens (tertiary/aromatic N) is 1. The van der Waals surface area contributed by atoms with Gasteiger partial charge in [-0.3, -0.25) is 4.79 Å². The Morgan fingerprint density at radius 1 is 1.64 bits per heavy atom. The number of morpholine rings is 1. The first-order chi connectivity index (χ1) is 6.69. The monoisotopic (exact) mass is 198 g/mol. The van der Waals surface area contributed by atoms with Crippen LogP contribution >= 0.6 is 0 Å². The Morgan fingerprint density at radius 3 is 2.86 bits per heavy atom. The number of amides is 1. The van der Waals surface area contributed by atoms with E-state index in [1.807, 2.05) is 11.8 Å². The molecule has 1 atom stereocenters. The fraction of sp³-hybridized carbons (Fsp3) is 0.900. The summed E-state index contributed by atoms with van der Waals surface area (Å²) in [5.41, 5.74) is 5.44. The van der Waals surface area contributed by atoms with E-state index in [0.717, 1.165) is 19.4 Å². The van der Waals surface area contributed by atoms with Gasteiger partial charge in [0.15, 0.2) is 0 Å². The molecule has 80 valence electrons. The maximum atomic E-state index is 12.1. The minimum atomic E-state index is -0.203. The molecule has 0 aromatic rings. The fourth-order valence-electron chi connectivity index (χ4n) is 1.99. The quantitative estimate of drug-likeness (QED) is 0.678. The van der Waals surface area contributed by atoms with Gasteiger partial charge >= 0.3 is 0 Å². The van der Waals surface area contributed by atoms with E-state index in [2.05, 4.69) is 0 Å². The largest absolute Gasteiger partial charge is 0.377 e. The molecule has 2 N–H and O–H groups in total. The first-order valence-electron chi connectivity index (χ1n) is 5.28. The Kier molecular flexibility index (Phi) is 2.49. The number of ether oxygens (including phenoxy) is 1. The second-order valence-electron chi connectivity index (χ2n) is 4.41. The molecule has 1 heterocycles. The predicted molar refractivity (Wildman–Crippen MR) is 52.7 cm³/mol. The lowest BCUT2D eigenvalue weighted by Crippen LogP contribution is -2.51. The van der Waals surface area contributed by atoms with Gasteiger partial charge in [0.1, 0.15) is 0 Å². The van der Waals surface area contributed by atoms with Crippen LogP contribution in [0.2, 0.25) is 0 Å². The summed E-state index contributed by atoms with van der Waals surface area (Å²) in [7, 11) is 0. The van der Waals surface area contributed by atoms with Gasteiger partial charge in [-0.05, 0) is 19.8 Å². The maximum absolute atomic E-state index is 12.1. The van der Waals surface area contributed by atoms with Crippen molar-refractivity contribution in [2.45, 2.75) is 25.8 Å². The van der Waals surface area contributed by atoms with E-state index in [-0.39, 0.29) is 17.4 Å². The minimum absolute atomic E-state index is 0.203. The predicted octanol–water partition coefficient (Wildman–Crippen LogP) is -0.0274. The number of hydrogen-bond acceptors (Lipinski definition) is 3. The molecule has 4 heteroatoms. The molecule has 0 bridgehead atoms. The van der Waals surface area contributed by atoms with Gasteiger partial charge in [0.2, 0.25) is 5.91 Å². The highest BCUT2D eigenvalue weighted by atomic mass is 16.5. The van der Waals surface area contributed by atoms with Crippen LogP contribution in [0.3, 0.4) is 0 Å². The van der Waals surface area contributed by atoms with Crippen molar-refractivity contribution in [2.24, 2.45) is 11.1 Å². The van der Waals surface area contributed by atoms with Crippen LogP contribution in [-0.4, -0.2) is 43.2 Å². The Morgan fingerprint density at radius 2 is 2.36 bits per heavy atom. The van der Waals surface area contributed by atoms with E-state index in [1.165, 1.54) is 0 Å². The van der Waals surface area contributed by atoms with Crippen molar-refractivity contribution in [1.29, 1.82) is 0 Å². The number of carbonyl (C=O) groups excluding carboxylic acids is 1. The number of nitrogens with two attached hydrogens (primary N) is 1. The van der Waals surface area contributed by atoms with E-state index in [9.17, 15) is 4.79 Å². The van der Waals surface area contributed by atoms with Gasteiger partial charge in [0.05, 0.1) is 24.7 Å². The fourth-order valence-corrected chi connectivity index (χ4v) is 1.99. The average Bonchev–Trinajstić information content (AvgIpc) is 2.98. The van der Waals surface area contributed by atoms with Crippen molar-refractivity contribution in [3.63, 3.8) is 0 Å². The summed E-state index contributed by atoms with van der Waals surface area (Å²) in [5, 5.41) is 0. The SMILES string of the molecule is C[C@@H]1COCCN1C(=O)C1(CN)CC1. The summed E-state index contributed by atoms with van der Waals surface area (Å²) in [6, 6.07) is 0.209. The van der Waals surface area contributed by atoms with Crippen LogP contribution < -0.4 is 5.73 Å². The number of hydrogen-bond donors (Lipinski definition) is 1. The zero-order valence-electron chi connectivity index (χ0n) is 8.66. The van der Waals surface area contributed by atoms with Crippen LogP contribution in [0, 0.1) is 5.41 Å². The van der Waals surface area contributed by atoms with Gasteiger partial charge in [-0.1, -0.05) is 0 Å². The van der Waals surface area contributed by atoms with Crippen LogP contribution in [0.1, 0.15) is 19.8 Å². The first-order valence-corrected chi connectivity index (χ1v) is 5.28. The lowest BCUT2D eigenvalue weighted by molar-refractivity contribution is -0.144. The minimum Gasteiger partial charge on any atom is -0.377 e. The molecular weight excluding hydrogens is 180 g/mol. The molecular formula is C10H18N2O2. The van der Waals surface area contributed by atoms with Crippen molar-refractivity contribution in [3.8, 4) is 0 Å². The first kappa shape index (κ1) is 9.93. The molecule has 0 unspecified atom stereocenters. The summed E-state index contributed by atoms with van der Waals surface area (Å²) in [5.74, 6) is 0.246. The lowest BCUT2D eigenvalue weighted by atomic mass is 10.0. The standard InChI is InChI=1S/C10H18N2O2/c1-8-6-14-5-4-12(8)9(13)10(7-11)2-3-10/h8H,2-7,11H2,1H3/t8-/m1/s1. The van der Waals surface area contributed by atoms with Crippen LogP contribution in [0.15, 0.2) is 0 Å². The van der Waals surface area contributed by atoms with Crippen molar-refractivity contribution in [3.05, 3.63) is 0 Å². The van der Waals surface area contributed by atoms with E-state index in [0.29, 0.717) is 19.8 Å². The van der Waals surface area contributed by atoms with Crippen LogP contribution in [0.25, 0.3) is 0 Å². The van der Waals surface area contributed by atoms with E-state index in [4.69, 9.17) is 10.5 Å². The molecule has 2 aliphatic rings. The Bertz CT molecular complexity index is 238. The number of rotatable bonds is 2. The van der Waals surface area contributed by atoms with Crippen molar-refractivity contribution in [1.82, 2.24) is 4.90 Å². The summed E-state index contributed by atoms with van der Waals surface area (Å²) in [4.78, 5) is 14.0. The summed E-state index contributed by atoms with van der Waals surface area (Å²) < 4.78 is 5.30. The highest BCUT2D eigenvalue weighted by Gasteiger charge is 2.51. The molecule has 0 aromatic carbocycles. The maximum Gasteiger partial charge on any atom is 0.230 e. The lowest BCUT2D eigenvalue weighted by Gasteiger charge is -2.35. The smallest absolute Gasteiger partial charge is 0.230 e. The molecule has 4 nitrogen and oxygen atoms in total. The van der Waals surface area contributed by atoms with Gasteiger partial charge in [0, 0.05) is 13.1 Å². The molecule has 1 amide bonds. The zero-order valence-corrected chi connectivity index (χ0v) is 8.66. The molecule has 2 fully saturated rings. The van der Waals surface area contributed by atoms with E-state index < -0.39 is 0 Å². The third-order valence-corrected chi connectivity index (χ3v) is 3.33. The molecule has 2 rings (SSSR count). The van der Waals surface area contributed by atoms with E-state index in [1.54, 1.807) is 0 Å². The highest BCUT2D eigenvalue weighted by molar-refractivity contribution is 5.86. The van der Waals surface area contributed by atoms with Gasteiger partial charge in [-0.25, -0.2) is 0 Å². The van der Waals surface area contributed by atoms with Crippen LogP contribution in [0.4, 0.5) is 0 Å². The summed E-state index contributed by atoms with van der Waals surface area (Å²) in [6.07, 6.45) is 1.93. The summed E-state index contributed by atoms with van der Waals surface area (Å²) >= 11 is 0. The molecule has 0 spiro atoms. The molecule has 1 aliphatic heterocycles. The van der Waals surface area contributed by atoms with Gasteiger partial charge in [0.25, 0.3) is 0 Å². The van der Waals surface area contributed by atoms with E-state index >= 15 is 0 Å². The van der Waals surface area contributed by atoms with Crippen LogP contribution in [-0.2, 0) is 9.53 Å². The van der Waals surface area contributed by atoms with Crippen LogP contribution in [0.5, 0.6) is 0 Å². The number of carbonyl (C=O) groups is 1. The second-order valence-corrected chi connectivity index (χ2v) is 4.41. The second kappa shape index (κ2) is 3.51. The Labute approximate surface area is 84.4 Å². The average molecular weight is 198 g/mol. The Balaban J connectivity index is 2.03. The summed E-state index contributed by atoms with van der Waals surface area (Å²) in [6.45, 7) is 4.57. The van der Waals surface area contributed by atoms with Gasteiger partial charge in [-0.2, -0.15) is 0 Å². The highest BCUT2D eigenvalue weighted by Crippen LogP contribution is 2.46.